The summed E-state index contributed by atoms with van der Waals surface area (Å²) in [6, 6.07) is 6.15. The van der Waals surface area contributed by atoms with Crippen molar-refractivity contribution in [2.24, 2.45) is 17.8 Å². The molecule has 6 heteroatoms. The van der Waals surface area contributed by atoms with Crippen LogP contribution in [-0.4, -0.2) is 15.7 Å². The van der Waals surface area contributed by atoms with E-state index in [-0.39, 0.29) is 24.0 Å². The Hall–Kier alpha value is -1.57. The first-order chi connectivity index (χ1) is 9.99. The highest BCUT2D eigenvalue weighted by Gasteiger charge is 2.05. The first kappa shape index (κ1) is 18.5. The molecule has 2 rings (SSSR count). The zero-order chi connectivity index (χ0) is 15.4. The molecule has 5 nitrogen and oxygen atoms in total. The number of guanidine groups is 1. The van der Waals surface area contributed by atoms with Crippen LogP contribution in [0.3, 0.4) is 0 Å². The zero-order valence-corrected chi connectivity index (χ0v) is 15.9. The summed E-state index contributed by atoms with van der Waals surface area (Å²) in [5.41, 5.74) is 11.6. The number of hydrogen-bond acceptors (Lipinski definition) is 2. The molecule has 0 aliphatic carbocycles. The van der Waals surface area contributed by atoms with Gasteiger partial charge < -0.3 is 11.1 Å². The fraction of sp³-hybridized carbons (Fsp3) is 0.375. The van der Waals surface area contributed by atoms with Crippen molar-refractivity contribution in [3.05, 3.63) is 46.8 Å². The molecule has 0 unspecified atom stereocenters. The number of nitrogens with one attached hydrogen (secondary N) is 1. The monoisotopic (exact) mass is 413 g/mol. The Morgan fingerprint density at radius 3 is 2.68 bits per heavy atom. The summed E-state index contributed by atoms with van der Waals surface area (Å²) in [4.78, 5) is 4.39. The maximum Gasteiger partial charge on any atom is 0.193 e. The Kier molecular flexibility index (Phi) is 6.86. The number of hydrogen-bond donors (Lipinski definition) is 2. The molecule has 0 radical (unpaired) electrons. The summed E-state index contributed by atoms with van der Waals surface area (Å²) in [6.07, 6.45) is 2.89. The first-order valence-corrected chi connectivity index (χ1v) is 7.15. The summed E-state index contributed by atoms with van der Waals surface area (Å²) in [5, 5.41) is 7.52. The standard InChI is InChI=1S/C16H23N5.HI/c1-5-15-13(10-21(4)20-15)9-18-16(17)19-14-7-6-11(2)12(3)8-14;/h6-8,10H,5,9H2,1-4H3,(H3,17,18,19);1H. The van der Waals surface area contributed by atoms with Gasteiger partial charge in [-0.05, 0) is 43.5 Å². The molecule has 1 aromatic heterocycles. The maximum atomic E-state index is 5.95. The summed E-state index contributed by atoms with van der Waals surface area (Å²) in [5.74, 6) is 0.421. The average Bonchev–Trinajstić information content (AvgIpc) is 2.81. The van der Waals surface area contributed by atoms with Crippen LogP contribution in [0.5, 0.6) is 0 Å². The second-order valence-corrected chi connectivity index (χ2v) is 5.25. The van der Waals surface area contributed by atoms with Gasteiger partial charge >= 0.3 is 0 Å². The summed E-state index contributed by atoms with van der Waals surface area (Å²) in [6.45, 7) is 6.80. The molecular formula is C16H24IN5. The van der Waals surface area contributed by atoms with Gasteiger partial charge in [-0.15, -0.1) is 24.0 Å². The Balaban J connectivity index is 0.00000242. The normalized spacial score (nSPS) is 11.2. The van der Waals surface area contributed by atoms with E-state index < -0.39 is 0 Å². The molecule has 2 aromatic rings. The van der Waals surface area contributed by atoms with Gasteiger partial charge in [-0.1, -0.05) is 13.0 Å². The SMILES string of the molecule is CCc1nn(C)cc1CN=C(N)Nc1ccc(C)c(C)c1.I. The first-order valence-electron chi connectivity index (χ1n) is 7.15. The second-order valence-electron chi connectivity index (χ2n) is 5.25. The van der Waals surface area contributed by atoms with Crippen LogP contribution >= 0.6 is 24.0 Å². The van der Waals surface area contributed by atoms with E-state index in [1.807, 2.05) is 24.0 Å². The van der Waals surface area contributed by atoms with Crippen LogP contribution in [0, 0.1) is 13.8 Å². The van der Waals surface area contributed by atoms with Gasteiger partial charge in [0.25, 0.3) is 0 Å². The minimum Gasteiger partial charge on any atom is -0.370 e. The number of halogens is 1. The Bertz CT molecular complexity index is 661. The Morgan fingerprint density at radius 1 is 1.32 bits per heavy atom. The minimum atomic E-state index is 0. The van der Waals surface area contributed by atoms with Crippen LogP contribution in [0.4, 0.5) is 5.69 Å². The highest BCUT2D eigenvalue weighted by atomic mass is 127. The number of aryl methyl sites for hydroxylation is 4. The van der Waals surface area contributed by atoms with Crippen LogP contribution in [0.15, 0.2) is 29.4 Å². The van der Waals surface area contributed by atoms with Crippen molar-refractivity contribution in [1.82, 2.24) is 9.78 Å². The zero-order valence-electron chi connectivity index (χ0n) is 13.6. The van der Waals surface area contributed by atoms with E-state index in [9.17, 15) is 0 Å². The van der Waals surface area contributed by atoms with Crippen molar-refractivity contribution in [2.45, 2.75) is 33.7 Å². The van der Waals surface area contributed by atoms with Gasteiger partial charge in [0.2, 0.25) is 0 Å². The van der Waals surface area contributed by atoms with Gasteiger partial charge in [-0.3, -0.25) is 4.68 Å². The highest BCUT2D eigenvalue weighted by Crippen LogP contribution is 2.14. The lowest BCUT2D eigenvalue weighted by Crippen LogP contribution is -2.22. The number of nitrogens with zero attached hydrogens (tertiary/aromatic N) is 3. The van der Waals surface area contributed by atoms with Crippen LogP contribution in [0.1, 0.15) is 29.3 Å². The van der Waals surface area contributed by atoms with Crippen LogP contribution in [0.25, 0.3) is 0 Å². The smallest absolute Gasteiger partial charge is 0.193 e. The third-order valence-corrected chi connectivity index (χ3v) is 3.53. The molecule has 1 heterocycles. The van der Waals surface area contributed by atoms with Crippen molar-refractivity contribution in [3.8, 4) is 0 Å². The van der Waals surface area contributed by atoms with Gasteiger partial charge in [0.15, 0.2) is 5.96 Å². The molecule has 3 N–H and O–H groups in total. The summed E-state index contributed by atoms with van der Waals surface area (Å²) >= 11 is 0. The third kappa shape index (κ3) is 4.72. The lowest BCUT2D eigenvalue weighted by molar-refractivity contribution is 0.746. The fourth-order valence-electron chi connectivity index (χ4n) is 2.19. The molecule has 0 spiro atoms. The molecule has 22 heavy (non-hydrogen) atoms. The van der Waals surface area contributed by atoms with Gasteiger partial charge in [-0.25, -0.2) is 4.99 Å². The molecule has 0 amide bonds. The van der Waals surface area contributed by atoms with Gasteiger partial charge in [0, 0.05) is 24.5 Å². The summed E-state index contributed by atoms with van der Waals surface area (Å²) in [7, 11) is 1.92. The van der Waals surface area contributed by atoms with E-state index in [4.69, 9.17) is 5.73 Å². The number of benzene rings is 1. The number of rotatable bonds is 4. The quantitative estimate of drug-likeness (QED) is 0.460. The second kappa shape index (κ2) is 8.17. The highest BCUT2D eigenvalue weighted by molar-refractivity contribution is 14.0. The molecule has 0 saturated carbocycles. The van der Waals surface area contributed by atoms with Crippen molar-refractivity contribution in [2.75, 3.05) is 5.32 Å². The van der Waals surface area contributed by atoms with Crippen molar-refractivity contribution < 1.29 is 0 Å². The average molecular weight is 413 g/mol. The van der Waals surface area contributed by atoms with Gasteiger partial charge in [0.1, 0.15) is 0 Å². The van der Waals surface area contributed by atoms with Crippen LogP contribution in [0.2, 0.25) is 0 Å². The van der Waals surface area contributed by atoms with E-state index in [0.29, 0.717) is 12.5 Å². The Labute approximate surface area is 149 Å². The van der Waals surface area contributed by atoms with E-state index in [0.717, 1.165) is 23.4 Å². The van der Waals surface area contributed by atoms with Crippen molar-refractivity contribution in [1.29, 1.82) is 0 Å². The predicted octanol–water partition coefficient (Wildman–Crippen LogP) is 3.14. The molecule has 1 aromatic carbocycles. The molecular weight excluding hydrogens is 389 g/mol. The molecule has 0 saturated heterocycles. The van der Waals surface area contributed by atoms with E-state index in [2.05, 4.69) is 48.3 Å². The number of aliphatic imine (C=N–C) groups is 1. The minimum absolute atomic E-state index is 0. The molecule has 0 aliphatic heterocycles. The number of aromatic nitrogens is 2. The van der Waals surface area contributed by atoms with E-state index >= 15 is 0 Å². The van der Waals surface area contributed by atoms with E-state index in [1.165, 1.54) is 11.1 Å². The molecule has 0 atom stereocenters. The van der Waals surface area contributed by atoms with Crippen molar-refractivity contribution in [3.63, 3.8) is 0 Å². The largest absolute Gasteiger partial charge is 0.370 e. The molecule has 0 fully saturated rings. The number of anilines is 1. The fourth-order valence-corrected chi connectivity index (χ4v) is 2.19. The molecule has 0 bridgehead atoms. The summed E-state index contributed by atoms with van der Waals surface area (Å²) < 4.78 is 1.82. The van der Waals surface area contributed by atoms with Gasteiger partial charge in [0.05, 0.1) is 12.2 Å². The molecule has 0 aliphatic rings. The van der Waals surface area contributed by atoms with Crippen LogP contribution < -0.4 is 11.1 Å². The third-order valence-electron chi connectivity index (χ3n) is 3.53. The van der Waals surface area contributed by atoms with E-state index in [1.54, 1.807) is 0 Å². The maximum absolute atomic E-state index is 5.95. The van der Waals surface area contributed by atoms with Crippen LogP contribution in [-0.2, 0) is 20.0 Å². The topological polar surface area (TPSA) is 68.2 Å². The van der Waals surface area contributed by atoms with Gasteiger partial charge in [-0.2, -0.15) is 5.10 Å². The lowest BCUT2D eigenvalue weighted by Gasteiger charge is -2.08. The molecule has 120 valence electrons. The number of nitrogens with two attached hydrogens (primary N) is 1. The van der Waals surface area contributed by atoms with Crippen molar-refractivity contribution >= 4 is 35.6 Å². The predicted molar refractivity (Wildman–Crippen MR) is 103 cm³/mol. The lowest BCUT2D eigenvalue weighted by atomic mass is 10.1. The Morgan fingerprint density at radius 2 is 2.05 bits per heavy atom.